The molecule has 2 aromatic carbocycles. The van der Waals surface area contributed by atoms with Gasteiger partial charge in [0.25, 0.3) is 10.0 Å². The molecule has 31 heavy (non-hydrogen) atoms. The first-order valence-electron chi connectivity index (χ1n) is 10.0. The Hall–Kier alpha value is -2.59. The quantitative estimate of drug-likeness (QED) is 0.696. The number of hydrogen-bond donors (Lipinski definition) is 0. The standard InChI is InChI=1S/C21H23FN4O3S2/c1-2-26-18-9-5-6-10-19(18)31(28,29)23-21(26)30-15-20(27)25-13-11-24(12-14-25)17-8-4-3-7-16(17)22/h3-10H,2,11-15H2,1H3. The predicted octanol–water partition coefficient (Wildman–Crippen LogP) is 2.79. The van der Waals surface area contributed by atoms with Crippen molar-refractivity contribution in [2.24, 2.45) is 4.40 Å². The molecule has 0 unspecified atom stereocenters. The van der Waals surface area contributed by atoms with Crippen molar-refractivity contribution in [3.63, 3.8) is 0 Å². The maximum Gasteiger partial charge on any atom is 0.286 e. The van der Waals surface area contributed by atoms with Crippen LogP contribution in [-0.2, 0) is 14.8 Å². The van der Waals surface area contributed by atoms with Gasteiger partial charge >= 0.3 is 0 Å². The summed E-state index contributed by atoms with van der Waals surface area (Å²) in [5, 5.41) is 0.305. The third kappa shape index (κ3) is 4.40. The monoisotopic (exact) mass is 462 g/mol. The number of halogens is 1. The third-order valence-corrected chi connectivity index (χ3v) is 7.72. The number of sulfonamides is 1. The molecule has 1 saturated heterocycles. The van der Waals surface area contributed by atoms with E-state index in [-0.39, 0.29) is 22.4 Å². The lowest BCUT2D eigenvalue weighted by atomic mass is 10.2. The zero-order valence-electron chi connectivity index (χ0n) is 17.1. The number of thioether (sulfide) groups is 1. The van der Waals surface area contributed by atoms with E-state index in [9.17, 15) is 17.6 Å². The van der Waals surface area contributed by atoms with E-state index in [2.05, 4.69) is 4.40 Å². The highest BCUT2D eigenvalue weighted by Gasteiger charge is 2.31. The number of fused-ring (bicyclic) bond motifs is 1. The van der Waals surface area contributed by atoms with Gasteiger partial charge < -0.3 is 14.7 Å². The normalized spacial score (nSPS) is 17.9. The molecule has 0 aromatic heterocycles. The van der Waals surface area contributed by atoms with E-state index in [0.29, 0.717) is 49.3 Å². The van der Waals surface area contributed by atoms with Crippen LogP contribution < -0.4 is 9.80 Å². The van der Waals surface area contributed by atoms with Crippen molar-refractivity contribution >= 4 is 44.2 Å². The molecule has 1 amide bonds. The number of amidine groups is 1. The summed E-state index contributed by atoms with van der Waals surface area (Å²) >= 11 is 1.13. The van der Waals surface area contributed by atoms with Crippen LogP contribution in [0.4, 0.5) is 15.8 Å². The second kappa shape index (κ2) is 8.88. The number of benzene rings is 2. The predicted molar refractivity (Wildman–Crippen MR) is 122 cm³/mol. The van der Waals surface area contributed by atoms with Crippen LogP contribution in [0.2, 0.25) is 0 Å². The van der Waals surface area contributed by atoms with Crippen LogP contribution in [0.5, 0.6) is 0 Å². The molecule has 2 aliphatic rings. The zero-order chi connectivity index (χ0) is 22.0. The Morgan fingerprint density at radius 3 is 2.35 bits per heavy atom. The van der Waals surface area contributed by atoms with E-state index in [4.69, 9.17) is 0 Å². The molecule has 1 fully saturated rings. The highest BCUT2D eigenvalue weighted by molar-refractivity contribution is 8.15. The lowest BCUT2D eigenvalue weighted by Crippen LogP contribution is -2.49. The molecule has 0 bridgehead atoms. The third-order valence-electron chi connectivity index (χ3n) is 5.33. The summed E-state index contributed by atoms with van der Waals surface area (Å²) in [6, 6.07) is 13.4. The maximum absolute atomic E-state index is 14.0. The van der Waals surface area contributed by atoms with Crippen LogP contribution in [0.15, 0.2) is 57.8 Å². The van der Waals surface area contributed by atoms with Crippen LogP contribution in [0.1, 0.15) is 6.92 Å². The topological polar surface area (TPSA) is 73.3 Å². The Bertz CT molecular complexity index is 1120. The number of amides is 1. The first kappa shape index (κ1) is 21.6. The average molecular weight is 463 g/mol. The molecule has 0 aliphatic carbocycles. The number of rotatable bonds is 4. The van der Waals surface area contributed by atoms with Crippen molar-refractivity contribution < 1.29 is 17.6 Å². The number of para-hydroxylation sites is 2. The molecule has 0 atom stereocenters. The minimum absolute atomic E-state index is 0.0896. The molecule has 2 aliphatic heterocycles. The summed E-state index contributed by atoms with van der Waals surface area (Å²) < 4.78 is 43.0. The van der Waals surface area contributed by atoms with E-state index in [0.717, 1.165) is 11.8 Å². The van der Waals surface area contributed by atoms with Crippen LogP contribution in [0, 0.1) is 5.82 Å². The Balaban J connectivity index is 1.39. The minimum Gasteiger partial charge on any atom is -0.366 e. The molecule has 0 saturated carbocycles. The van der Waals surface area contributed by atoms with E-state index in [1.807, 2.05) is 16.7 Å². The van der Waals surface area contributed by atoms with Gasteiger partial charge in [0, 0.05) is 32.7 Å². The van der Waals surface area contributed by atoms with Gasteiger partial charge in [-0.25, -0.2) is 4.39 Å². The lowest BCUT2D eigenvalue weighted by molar-refractivity contribution is -0.128. The van der Waals surface area contributed by atoms with E-state index in [1.165, 1.54) is 6.07 Å². The fourth-order valence-corrected chi connectivity index (χ4v) is 6.15. The van der Waals surface area contributed by atoms with Crippen LogP contribution in [0.3, 0.4) is 0 Å². The Morgan fingerprint density at radius 2 is 1.68 bits per heavy atom. The second-order valence-electron chi connectivity index (χ2n) is 7.17. The molecule has 2 aromatic rings. The van der Waals surface area contributed by atoms with Crippen molar-refractivity contribution in [3.8, 4) is 0 Å². The molecule has 2 heterocycles. The summed E-state index contributed by atoms with van der Waals surface area (Å²) in [5.74, 6) is -0.269. The second-order valence-corrected chi connectivity index (χ2v) is 9.68. The number of hydrogen-bond acceptors (Lipinski definition) is 6. The Morgan fingerprint density at radius 1 is 1.03 bits per heavy atom. The summed E-state index contributed by atoms with van der Waals surface area (Å²) in [6.07, 6.45) is 0. The molecule has 0 radical (unpaired) electrons. The summed E-state index contributed by atoms with van der Waals surface area (Å²) in [6.45, 7) is 4.50. The van der Waals surface area contributed by atoms with Gasteiger partial charge in [0.05, 0.1) is 17.1 Å². The number of carbonyl (C=O) groups is 1. The van der Waals surface area contributed by atoms with Crippen molar-refractivity contribution in [1.29, 1.82) is 0 Å². The average Bonchev–Trinajstić information content (AvgIpc) is 2.78. The van der Waals surface area contributed by atoms with Crippen LogP contribution in [0.25, 0.3) is 0 Å². The highest BCUT2D eigenvalue weighted by atomic mass is 32.2. The van der Waals surface area contributed by atoms with Gasteiger partial charge in [-0.05, 0) is 31.2 Å². The number of piperazine rings is 1. The summed E-state index contributed by atoms with van der Waals surface area (Å²) in [5.41, 5.74) is 1.12. The van der Waals surface area contributed by atoms with Gasteiger partial charge in [0.2, 0.25) is 5.91 Å². The molecular weight excluding hydrogens is 439 g/mol. The lowest BCUT2D eigenvalue weighted by Gasteiger charge is -2.36. The van der Waals surface area contributed by atoms with Crippen LogP contribution in [-0.4, -0.2) is 62.9 Å². The van der Waals surface area contributed by atoms with Gasteiger partial charge in [-0.15, -0.1) is 4.40 Å². The summed E-state index contributed by atoms with van der Waals surface area (Å²) in [7, 11) is -3.79. The van der Waals surface area contributed by atoms with Gasteiger partial charge in [-0.2, -0.15) is 8.42 Å². The minimum atomic E-state index is -3.79. The zero-order valence-corrected chi connectivity index (χ0v) is 18.7. The van der Waals surface area contributed by atoms with Crippen molar-refractivity contribution in [2.45, 2.75) is 11.8 Å². The molecular formula is C21H23FN4O3S2. The van der Waals surface area contributed by atoms with Gasteiger partial charge in [-0.1, -0.05) is 36.0 Å². The number of carbonyl (C=O) groups excluding carboxylic acids is 1. The van der Waals surface area contributed by atoms with E-state index >= 15 is 0 Å². The molecule has 4 rings (SSSR count). The van der Waals surface area contributed by atoms with E-state index in [1.54, 1.807) is 47.4 Å². The van der Waals surface area contributed by atoms with Crippen molar-refractivity contribution in [2.75, 3.05) is 48.3 Å². The van der Waals surface area contributed by atoms with E-state index < -0.39 is 10.0 Å². The first-order valence-corrected chi connectivity index (χ1v) is 12.4. The van der Waals surface area contributed by atoms with Gasteiger partial charge in [-0.3, -0.25) is 4.79 Å². The highest BCUT2D eigenvalue weighted by Crippen LogP contribution is 2.33. The number of nitrogens with zero attached hydrogens (tertiary/aromatic N) is 4. The molecule has 0 N–H and O–H groups in total. The van der Waals surface area contributed by atoms with Crippen LogP contribution >= 0.6 is 11.8 Å². The van der Waals surface area contributed by atoms with Gasteiger partial charge in [0.1, 0.15) is 10.7 Å². The molecule has 7 nitrogen and oxygen atoms in total. The van der Waals surface area contributed by atoms with Crippen molar-refractivity contribution in [3.05, 3.63) is 54.3 Å². The van der Waals surface area contributed by atoms with Gasteiger partial charge in [0.15, 0.2) is 5.17 Å². The molecule has 0 spiro atoms. The Kier molecular flexibility index (Phi) is 6.19. The summed E-state index contributed by atoms with van der Waals surface area (Å²) in [4.78, 5) is 18.4. The first-order chi connectivity index (χ1) is 14.9. The molecule has 10 heteroatoms. The maximum atomic E-state index is 14.0. The van der Waals surface area contributed by atoms with Crippen molar-refractivity contribution in [1.82, 2.24) is 4.90 Å². The Labute approximate surface area is 185 Å². The largest absolute Gasteiger partial charge is 0.366 e. The number of anilines is 2. The fraction of sp³-hybridized carbons (Fsp3) is 0.333. The molecule has 164 valence electrons. The smallest absolute Gasteiger partial charge is 0.286 e. The fourth-order valence-electron chi connectivity index (χ4n) is 3.73. The SMILES string of the molecule is CCN1C(SCC(=O)N2CCN(c3ccccc3F)CC2)=NS(=O)(=O)c2ccccc21.